The Bertz CT molecular complexity index is 262. The molecule has 2 heteroatoms. The molecule has 0 heterocycles. The summed E-state index contributed by atoms with van der Waals surface area (Å²) in [7, 11) is 4.11. The Hall–Kier alpha value is -1.02. The number of anilines is 1. The molecule has 1 aromatic rings. The van der Waals surface area contributed by atoms with Crippen molar-refractivity contribution in [3.05, 3.63) is 29.8 Å². The molecular formula is C12H20N2. The van der Waals surface area contributed by atoms with Crippen molar-refractivity contribution in [2.75, 3.05) is 19.0 Å². The summed E-state index contributed by atoms with van der Waals surface area (Å²) < 4.78 is 0. The Morgan fingerprint density at radius 2 is 1.71 bits per heavy atom. The van der Waals surface area contributed by atoms with Crippen molar-refractivity contribution < 1.29 is 0 Å². The highest BCUT2D eigenvalue weighted by Gasteiger charge is 1.97. The van der Waals surface area contributed by atoms with E-state index in [0.29, 0.717) is 6.04 Å². The van der Waals surface area contributed by atoms with Crippen molar-refractivity contribution in [1.82, 2.24) is 5.32 Å². The molecule has 0 aliphatic carbocycles. The van der Waals surface area contributed by atoms with Crippen molar-refractivity contribution >= 4 is 5.69 Å². The molecule has 1 N–H and O–H groups in total. The zero-order valence-corrected chi connectivity index (χ0v) is 9.54. The number of hydrogen-bond acceptors (Lipinski definition) is 2. The van der Waals surface area contributed by atoms with E-state index >= 15 is 0 Å². The summed E-state index contributed by atoms with van der Waals surface area (Å²) in [5.74, 6) is 0. The fraction of sp³-hybridized carbons (Fsp3) is 0.500. The fourth-order valence-corrected chi connectivity index (χ4v) is 1.23. The maximum absolute atomic E-state index is 3.40. The molecule has 0 fully saturated rings. The number of nitrogens with zero attached hydrogens (tertiary/aromatic N) is 1. The van der Waals surface area contributed by atoms with Gasteiger partial charge in [0, 0.05) is 32.4 Å². The molecule has 0 spiro atoms. The topological polar surface area (TPSA) is 15.3 Å². The van der Waals surface area contributed by atoms with Crippen LogP contribution in [-0.4, -0.2) is 20.1 Å². The first-order valence-corrected chi connectivity index (χ1v) is 5.09. The van der Waals surface area contributed by atoms with Crippen LogP contribution in [0.2, 0.25) is 0 Å². The maximum Gasteiger partial charge on any atom is 0.0361 e. The van der Waals surface area contributed by atoms with E-state index in [2.05, 4.69) is 62.4 Å². The van der Waals surface area contributed by atoms with Crippen LogP contribution < -0.4 is 10.2 Å². The number of benzene rings is 1. The van der Waals surface area contributed by atoms with E-state index in [1.807, 2.05) is 0 Å². The lowest BCUT2D eigenvalue weighted by Crippen LogP contribution is -2.21. The molecule has 14 heavy (non-hydrogen) atoms. The lowest BCUT2D eigenvalue weighted by Gasteiger charge is -2.13. The molecule has 0 atom stereocenters. The Kier molecular flexibility index (Phi) is 3.96. The standard InChI is InChI=1S/C12H20N2/c1-10(2)13-9-11-5-7-12(8-6-11)14(3)4/h5-8,10,13H,9H2,1-4H3. The first kappa shape index (κ1) is 11.1. The minimum absolute atomic E-state index is 0.545. The first-order valence-electron chi connectivity index (χ1n) is 5.09. The van der Waals surface area contributed by atoms with Crippen molar-refractivity contribution in [2.24, 2.45) is 0 Å². The van der Waals surface area contributed by atoms with Gasteiger partial charge in [0.25, 0.3) is 0 Å². The van der Waals surface area contributed by atoms with E-state index in [1.54, 1.807) is 0 Å². The highest BCUT2D eigenvalue weighted by atomic mass is 15.1. The zero-order valence-electron chi connectivity index (χ0n) is 9.54. The van der Waals surface area contributed by atoms with Gasteiger partial charge in [0.15, 0.2) is 0 Å². The lowest BCUT2D eigenvalue weighted by molar-refractivity contribution is 0.589. The van der Waals surface area contributed by atoms with E-state index < -0.39 is 0 Å². The zero-order chi connectivity index (χ0) is 10.6. The van der Waals surface area contributed by atoms with Gasteiger partial charge in [0.2, 0.25) is 0 Å². The monoisotopic (exact) mass is 192 g/mol. The van der Waals surface area contributed by atoms with Crippen LogP contribution in [0.15, 0.2) is 24.3 Å². The van der Waals surface area contributed by atoms with E-state index in [0.717, 1.165) is 6.54 Å². The van der Waals surface area contributed by atoms with E-state index in [9.17, 15) is 0 Å². The smallest absolute Gasteiger partial charge is 0.0361 e. The minimum Gasteiger partial charge on any atom is -0.378 e. The van der Waals surface area contributed by atoms with Crippen LogP contribution in [-0.2, 0) is 6.54 Å². The number of hydrogen-bond donors (Lipinski definition) is 1. The summed E-state index contributed by atoms with van der Waals surface area (Å²) in [6.07, 6.45) is 0. The molecule has 0 radical (unpaired) electrons. The van der Waals surface area contributed by atoms with Crippen LogP contribution in [0.25, 0.3) is 0 Å². The van der Waals surface area contributed by atoms with Gasteiger partial charge in [-0.1, -0.05) is 26.0 Å². The van der Waals surface area contributed by atoms with Crippen LogP contribution in [0.3, 0.4) is 0 Å². The molecule has 0 aliphatic rings. The van der Waals surface area contributed by atoms with Gasteiger partial charge in [-0.05, 0) is 17.7 Å². The number of rotatable bonds is 4. The second-order valence-electron chi connectivity index (χ2n) is 4.10. The third kappa shape index (κ3) is 3.38. The van der Waals surface area contributed by atoms with Crippen molar-refractivity contribution in [1.29, 1.82) is 0 Å². The minimum atomic E-state index is 0.545. The van der Waals surface area contributed by atoms with E-state index in [4.69, 9.17) is 0 Å². The van der Waals surface area contributed by atoms with Crippen LogP contribution in [0.1, 0.15) is 19.4 Å². The molecule has 0 aromatic heterocycles. The van der Waals surface area contributed by atoms with Crippen molar-refractivity contribution in [2.45, 2.75) is 26.4 Å². The summed E-state index contributed by atoms with van der Waals surface area (Å²) >= 11 is 0. The third-order valence-electron chi connectivity index (χ3n) is 2.17. The molecule has 0 bridgehead atoms. The van der Waals surface area contributed by atoms with Gasteiger partial charge >= 0.3 is 0 Å². The molecule has 0 amide bonds. The molecule has 0 saturated heterocycles. The average molecular weight is 192 g/mol. The summed E-state index contributed by atoms with van der Waals surface area (Å²) in [5, 5.41) is 3.40. The average Bonchev–Trinajstić information content (AvgIpc) is 2.15. The van der Waals surface area contributed by atoms with Crippen molar-refractivity contribution in [3.8, 4) is 0 Å². The predicted octanol–water partition coefficient (Wildman–Crippen LogP) is 2.25. The largest absolute Gasteiger partial charge is 0.378 e. The first-order chi connectivity index (χ1) is 6.59. The molecule has 78 valence electrons. The molecule has 0 unspecified atom stereocenters. The normalized spacial score (nSPS) is 10.6. The van der Waals surface area contributed by atoms with Gasteiger partial charge in [0.05, 0.1) is 0 Å². The Balaban J connectivity index is 2.55. The Labute approximate surface area is 86.9 Å². The maximum atomic E-state index is 3.40. The molecule has 2 nitrogen and oxygen atoms in total. The van der Waals surface area contributed by atoms with Gasteiger partial charge < -0.3 is 10.2 Å². The van der Waals surface area contributed by atoms with E-state index in [1.165, 1.54) is 11.3 Å². The van der Waals surface area contributed by atoms with Gasteiger partial charge in [-0.3, -0.25) is 0 Å². The summed E-state index contributed by atoms with van der Waals surface area (Å²) in [6, 6.07) is 9.19. The lowest BCUT2D eigenvalue weighted by atomic mass is 10.2. The summed E-state index contributed by atoms with van der Waals surface area (Å²) in [5.41, 5.74) is 2.59. The van der Waals surface area contributed by atoms with Crippen LogP contribution in [0.5, 0.6) is 0 Å². The second kappa shape index (κ2) is 5.01. The highest BCUT2D eigenvalue weighted by Crippen LogP contribution is 2.11. The number of nitrogens with one attached hydrogen (secondary N) is 1. The third-order valence-corrected chi connectivity index (χ3v) is 2.17. The van der Waals surface area contributed by atoms with E-state index in [-0.39, 0.29) is 0 Å². The van der Waals surface area contributed by atoms with Gasteiger partial charge in [0.1, 0.15) is 0 Å². The quantitative estimate of drug-likeness (QED) is 0.787. The molecule has 0 saturated carbocycles. The second-order valence-corrected chi connectivity index (χ2v) is 4.10. The summed E-state index contributed by atoms with van der Waals surface area (Å²) in [4.78, 5) is 2.11. The molecule has 1 aromatic carbocycles. The van der Waals surface area contributed by atoms with Crippen LogP contribution in [0.4, 0.5) is 5.69 Å². The van der Waals surface area contributed by atoms with Crippen LogP contribution >= 0.6 is 0 Å². The van der Waals surface area contributed by atoms with Gasteiger partial charge in [-0.2, -0.15) is 0 Å². The van der Waals surface area contributed by atoms with Crippen LogP contribution in [0, 0.1) is 0 Å². The Morgan fingerprint density at radius 3 is 2.14 bits per heavy atom. The summed E-state index contributed by atoms with van der Waals surface area (Å²) in [6.45, 7) is 5.27. The van der Waals surface area contributed by atoms with Gasteiger partial charge in [-0.25, -0.2) is 0 Å². The molecule has 0 aliphatic heterocycles. The highest BCUT2D eigenvalue weighted by molar-refractivity contribution is 5.45. The van der Waals surface area contributed by atoms with Crippen molar-refractivity contribution in [3.63, 3.8) is 0 Å². The fourth-order valence-electron chi connectivity index (χ4n) is 1.23. The SMILES string of the molecule is CC(C)NCc1ccc(N(C)C)cc1. The predicted molar refractivity (Wildman–Crippen MR) is 62.7 cm³/mol. The Morgan fingerprint density at radius 1 is 1.14 bits per heavy atom. The molecular weight excluding hydrogens is 172 g/mol. The van der Waals surface area contributed by atoms with Gasteiger partial charge in [-0.15, -0.1) is 0 Å². The molecule has 1 rings (SSSR count).